The van der Waals surface area contributed by atoms with Crippen molar-refractivity contribution in [2.75, 3.05) is 0 Å². The Hall–Kier alpha value is -2.02. The number of non-ortho nitro benzene ring substituents is 1. The first kappa shape index (κ1) is 15.4. The molecule has 0 atom stereocenters. The van der Waals surface area contributed by atoms with Gasteiger partial charge in [0.25, 0.3) is 5.69 Å². The van der Waals surface area contributed by atoms with Crippen LogP contribution in [-0.4, -0.2) is 4.92 Å². The third-order valence-corrected chi connectivity index (χ3v) is 3.86. The van der Waals surface area contributed by atoms with Gasteiger partial charge in [-0.2, -0.15) is 13.2 Å². The summed E-state index contributed by atoms with van der Waals surface area (Å²) in [6.45, 7) is 0. The first-order valence-electron chi connectivity index (χ1n) is 5.90. The van der Waals surface area contributed by atoms with Crippen LogP contribution < -0.4 is 0 Å². The fourth-order valence-electron chi connectivity index (χ4n) is 1.71. The molecule has 2 rings (SSSR count). The number of nitrogens with zero attached hydrogens (tertiary/aromatic N) is 1. The summed E-state index contributed by atoms with van der Waals surface area (Å²) < 4.78 is 38.9. The molecule has 0 bridgehead atoms. The van der Waals surface area contributed by atoms with Crippen molar-refractivity contribution in [2.45, 2.75) is 16.8 Å². The third-order valence-electron chi connectivity index (χ3n) is 2.72. The number of halogens is 3. The van der Waals surface area contributed by atoms with E-state index in [1.807, 2.05) is 18.2 Å². The standard InChI is InChI=1S/C14H10F3NO2S/c15-14(16,17)12-8-11(18(19)20)6-7-13(12)21-9-10-4-2-1-3-5-10/h1-8H,9H2. The van der Waals surface area contributed by atoms with Gasteiger partial charge in [-0.25, -0.2) is 0 Å². The van der Waals surface area contributed by atoms with Crippen molar-refractivity contribution < 1.29 is 18.1 Å². The number of rotatable bonds is 4. The molecule has 0 aliphatic heterocycles. The van der Waals surface area contributed by atoms with Crippen molar-refractivity contribution in [3.63, 3.8) is 0 Å². The van der Waals surface area contributed by atoms with E-state index < -0.39 is 22.4 Å². The smallest absolute Gasteiger partial charge is 0.258 e. The van der Waals surface area contributed by atoms with E-state index in [0.29, 0.717) is 11.8 Å². The van der Waals surface area contributed by atoms with E-state index in [1.165, 1.54) is 0 Å². The van der Waals surface area contributed by atoms with Crippen LogP contribution >= 0.6 is 11.8 Å². The number of alkyl halides is 3. The quantitative estimate of drug-likeness (QED) is 0.458. The molecule has 0 saturated carbocycles. The SMILES string of the molecule is O=[N+]([O-])c1ccc(SCc2ccccc2)c(C(F)(F)F)c1. The van der Waals surface area contributed by atoms with E-state index in [0.717, 1.165) is 29.5 Å². The van der Waals surface area contributed by atoms with Crippen LogP contribution in [0.15, 0.2) is 53.4 Å². The summed E-state index contributed by atoms with van der Waals surface area (Å²) in [5.41, 5.74) is -0.655. The molecule has 0 heterocycles. The molecule has 0 spiro atoms. The summed E-state index contributed by atoms with van der Waals surface area (Å²) in [4.78, 5) is 9.75. The fraction of sp³-hybridized carbons (Fsp3) is 0.143. The van der Waals surface area contributed by atoms with Crippen molar-refractivity contribution >= 4 is 17.4 Å². The number of nitro groups is 1. The van der Waals surface area contributed by atoms with Crippen LogP contribution in [0.3, 0.4) is 0 Å². The lowest BCUT2D eigenvalue weighted by molar-refractivity contribution is -0.385. The largest absolute Gasteiger partial charge is 0.417 e. The van der Waals surface area contributed by atoms with Crippen LogP contribution in [0.25, 0.3) is 0 Å². The molecule has 2 aromatic rings. The van der Waals surface area contributed by atoms with Gasteiger partial charge in [-0.3, -0.25) is 10.1 Å². The van der Waals surface area contributed by atoms with Crippen LogP contribution in [0.5, 0.6) is 0 Å². The van der Waals surface area contributed by atoms with Crippen molar-refractivity contribution in [3.05, 3.63) is 69.8 Å². The Morgan fingerprint density at radius 3 is 2.33 bits per heavy atom. The summed E-state index contributed by atoms with van der Waals surface area (Å²) in [5.74, 6) is 0.363. The van der Waals surface area contributed by atoms with Crippen molar-refractivity contribution in [1.29, 1.82) is 0 Å². The van der Waals surface area contributed by atoms with Crippen LogP contribution in [-0.2, 0) is 11.9 Å². The molecular weight excluding hydrogens is 303 g/mol. The zero-order valence-corrected chi connectivity index (χ0v) is 11.4. The monoisotopic (exact) mass is 313 g/mol. The molecule has 21 heavy (non-hydrogen) atoms. The third kappa shape index (κ3) is 3.98. The van der Waals surface area contributed by atoms with Crippen LogP contribution in [0, 0.1) is 10.1 Å². The zero-order valence-electron chi connectivity index (χ0n) is 10.6. The molecule has 0 N–H and O–H groups in total. The Morgan fingerprint density at radius 1 is 1.10 bits per heavy atom. The Kier molecular flexibility index (Phi) is 4.52. The van der Waals surface area contributed by atoms with E-state index in [1.54, 1.807) is 12.1 Å². The van der Waals surface area contributed by atoms with Gasteiger partial charge in [-0.1, -0.05) is 30.3 Å². The molecule has 0 radical (unpaired) electrons. The van der Waals surface area contributed by atoms with Gasteiger partial charge in [0.15, 0.2) is 0 Å². The topological polar surface area (TPSA) is 43.1 Å². The van der Waals surface area contributed by atoms with E-state index in [9.17, 15) is 23.3 Å². The first-order valence-corrected chi connectivity index (χ1v) is 6.89. The highest BCUT2D eigenvalue weighted by molar-refractivity contribution is 7.98. The Bertz CT molecular complexity index is 644. The van der Waals surface area contributed by atoms with Crippen molar-refractivity contribution in [2.24, 2.45) is 0 Å². The number of hydrogen-bond acceptors (Lipinski definition) is 3. The predicted molar refractivity (Wildman–Crippen MR) is 74.1 cm³/mol. The maximum absolute atomic E-state index is 13.0. The molecule has 0 amide bonds. The van der Waals surface area contributed by atoms with Gasteiger partial charge < -0.3 is 0 Å². The van der Waals surface area contributed by atoms with Gasteiger partial charge in [-0.15, -0.1) is 11.8 Å². The summed E-state index contributed by atoms with van der Waals surface area (Å²) >= 11 is 1.00. The van der Waals surface area contributed by atoms with Gasteiger partial charge >= 0.3 is 6.18 Å². The van der Waals surface area contributed by atoms with E-state index in [-0.39, 0.29) is 4.90 Å². The second kappa shape index (κ2) is 6.17. The maximum atomic E-state index is 13.0. The second-order valence-corrected chi connectivity index (χ2v) is 5.23. The van der Waals surface area contributed by atoms with E-state index in [2.05, 4.69) is 0 Å². The van der Waals surface area contributed by atoms with Crippen molar-refractivity contribution in [1.82, 2.24) is 0 Å². The highest BCUT2D eigenvalue weighted by Gasteiger charge is 2.35. The first-order chi connectivity index (χ1) is 9.88. The molecule has 0 unspecified atom stereocenters. The Morgan fingerprint density at radius 2 is 1.76 bits per heavy atom. The lowest BCUT2D eigenvalue weighted by Gasteiger charge is -2.12. The molecule has 0 aliphatic rings. The molecule has 2 aromatic carbocycles. The average Bonchev–Trinajstić information content (AvgIpc) is 2.45. The second-order valence-electron chi connectivity index (χ2n) is 4.21. The molecule has 110 valence electrons. The summed E-state index contributed by atoms with van der Waals surface area (Å²) in [5, 5.41) is 10.6. The summed E-state index contributed by atoms with van der Waals surface area (Å²) in [6, 6.07) is 11.9. The van der Waals surface area contributed by atoms with Gasteiger partial charge in [-0.05, 0) is 11.6 Å². The molecular formula is C14H10F3NO2S. The molecule has 0 aliphatic carbocycles. The number of benzene rings is 2. The minimum absolute atomic E-state index is 0.0167. The van der Waals surface area contributed by atoms with Gasteiger partial charge in [0.05, 0.1) is 10.5 Å². The normalized spacial score (nSPS) is 11.4. The summed E-state index contributed by atoms with van der Waals surface area (Å²) in [6.07, 6.45) is -4.62. The molecule has 0 saturated heterocycles. The molecule has 3 nitrogen and oxygen atoms in total. The van der Waals surface area contributed by atoms with Crippen LogP contribution in [0.2, 0.25) is 0 Å². The lowest BCUT2D eigenvalue weighted by atomic mass is 10.2. The highest BCUT2D eigenvalue weighted by Crippen LogP contribution is 2.39. The Balaban J connectivity index is 2.28. The number of nitro benzene ring substituents is 1. The maximum Gasteiger partial charge on any atom is 0.417 e. The van der Waals surface area contributed by atoms with E-state index >= 15 is 0 Å². The van der Waals surface area contributed by atoms with Crippen LogP contribution in [0.1, 0.15) is 11.1 Å². The Labute approximate surface area is 122 Å². The average molecular weight is 313 g/mol. The number of thioether (sulfide) groups is 1. The minimum Gasteiger partial charge on any atom is -0.258 e. The molecule has 0 fully saturated rings. The highest BCUT2D eigenvalue weighted by atomic mass is 32.2. The zero-order chi connectivity index (χ0) is 15.5. The minimum atomic E-state index is -4.62. The van der Waals surface area contributed by atoms with Gasteiger partial charge in [0.2, 0.25) is 0 Å². The number of hydrogen-bond donors (Lipinski definition) is 0. The fourth-order valence-corrected chi connectivity index (χ4v) is 2.72. The van der Waals surface area contributed by atoms with Crippen LogP contribution in [0.4, 0.5) is 18.9 Å². The van der Waals surface area contributed by atoms with E-state index in [4.69, 9.17) is 0 Å². The lowest BCUT2D eigenvalue weighted by Crippen LogP contribution is -2.07. The molecule has 0 aromatic heterocycles. The summed E-state index contributed by atoms with van der Waals surface area (Å²) in [7, 11) is 0. The molecule has 7 heteroatoms. The van der Waals surface area contributed by atoms with Crippen molar-refractivity contribution in [3.8, 4) is 0 Å². The van der Waals surface area contributed by atoms with Gasteiger partial charge in [0, 0.05) is 22.8 Å². The van der Waals surface area contributed by atoms with Gasteiger partial charge in [0.1, 0.15) is 0 Å². The predicted octanol–water partition coefficient (Wildman–Crippen LogP) is 4.91.